The Kier molecular flexibility index (Phi) is 0.223. The van der Waals surface area contributed by atoms with E-state index in [1.165, 1.54) is 5.70 Å². The molecule has 1 saturated heterocycles. The van der Waals surface area contributed by atoms with E-state index in [2.05, 4.69) is 16.2 Å². The van der Waals surface area contributed by atoms with Gasteiger partial charge in [-0.15, -0.1) is 0 Å². The first kappa shape index (κ1) is 2.47. The van der Waals surface area contributed by atoms with Crippen LogP contribution < -0.4 is 16.2 Å². The fourth-order valence-corrected chi connectivity index (χ4v) is 0.567. The summed E-state index contributed by atoms with van der Waals surface area (Å²) in [6.07, 6.45) is 2.38. The smallest absolute Gasteiger partial charge is 0.136 e. The molecule has 3 nitrogen and oxygen atoms in total. The van der Waals surface area contributed by atoms with Gasteiger partial charge in [0, 0.05) is 6.20 Å². The van der Waals surface area contributed by atoms with Crippen LogP contribution in [0.1, 0.15) is 0 Å². The highest BCUT2D eigenvalue weighted by Gasteiger charge is 2.31. The van der Waals surface area contributed by atoms with Crippen LogP contribution in [0.3, 0.4) is 0 Å². The van der Waals surface area contributed by atoms with E-state index in [4.69, 9.17) is 0 Å². The van der Waals surface area contributed by atoms with Gasteiger partial charge in [0.25, 0.3) is 0 Å². The lowest BCUT2D eigenvalue weighted by molar-refractivity contribution is 0.638. The monoisotopic (exact) mass is 83.0 g/mol. The van der Waals surface area contributed by atoms with Crippen LogP contribution in [0.4, 0.5) is 0 Å². The quantitative estimate of drug-likeness (QED) is 0.324. The van der Waals surface area contributed by atoms with Crippen LogP contribution in [0.5, 0.6) is 0 Å². The fraction of sp³-hybridized carbons (Fsp3) is 0.333. The molecular weight excluding hydrogens is 78.1 g/mol. The molecule has 0 aromatic rings. The van der Waals surface area contributed by atoms with Gasteiger partial charge in [-0.3, -0.25) is 0 Å². The first-order chi connectivity index (χ1) is 2.97. The summed E-state index contributed by atoms with van der Waals surface area (Å²) in [5, 5.41) is 3.06. The van der Waals surface area contributed by atoms with Crippen LogP contribution in [0.15, 0.2) is 11.9 Å². The molecule has 0 aliphatic carbocycles. The third kappa shape index (κ3) is 0.137. The van der Waals surface area contributed by atoms with Crippen molar-refractivity contribution < 1.29 is 0 Å². The molecule has 0 saturated carbocycles. The molecule has 0 aromatic carbocycles. The van der Waals surface area contributed by atoms with Gasteiger partial charge in [0.15, 0.2) is 0 Å². The van der Waals surface area contributed by atoms with E-state index < -0.39 is 0 Å². The molecular formula is C3H5N3. The number of hydrogen-bond acceptors (Lipinski definition) is 3. The van der Waals surface area contributed by atoms with Gasteiger partial charge in [0.1, 0.15) is 6.17 Å². The van der Waals surface area contributed by atoms with Crippen molar-refractivity contribution in [1.82, 2.24) is 16.2 Å². The van der Waals surface area contributed by atoms with Crippen molar-refractivity contribution in [3.8, 4) is 0 Å². The van der Waals surface area contributed by atoms with Gasteiger partial charge in [0.05, 0.1) is 5.70 Å². The highest BCUT2D eigenvalue weighted by molar-refractivity contribution is 5.25. The summed E-state index contributed by atoms with van der Waals surface area (Å²) in [5.41, 5.74) is 7.06. The van der Waals surface area contributed by atoms with E-state index in [1.807, 2.05) is 6.20 Å². The molecule has 6 heavy (non-hydrogen) atoms. The molecule has 1 fully saturated rings. The standard InChI is InChI=1S/C3H5N3/c1-2-3(5-2)6-4-1/h1,3-6H. The van der Waals surface area contributed by atoms with Crippen LogP contribution in [0.25, 0.3) is 0 Å². The first-order valence-corrected chi connectivity index (χ1v) is 1.94. The third-order valence-corrected chi connectivity index (χ3v) is 0.994. The summed E-state index contributed by atoms with van der Waals surface area (Å²) in [7, 11) is 0. The van der Waals surface area contributed by atoms with E-state index in [1.54, 1.807) is 0 Å². The molecule has 32 valence electrons. The van der Waals surface area contributed by atoms with Crippen LogP contribution in [-0.2, 0) is 0 Å². The average Bonchev–Trinajstić information content (AvgIpc) is 2.17. The predicted molar refractivity (Wildman–Crippen MR) is 21.3 cm³/mol. The zero-order chi connectivity index (χ0) is 3.98. The van der Waals surface area contributed by atoms with Gasteiger partial charge in [-0.1, -0.05) is 0 Å². The van der Waals surface area contributed by atoms with Crippen LogP contribution >= 0.6 is 0 Å². The molecule has 0 bridgehead atoms. The maximum Gasteiger partial charge on any atom is 0.136 e. The molecule has 2 rings (SSSR count). The summed E-state index contributed by atoms with van der Waals surface area (Å²) < 4.78 is 0. The number of nitrogens with one attached hydrogen (secondary N) is 3. The van der Waals surface area contributed by atoms with Crippen molar-refractivity contribution >= 4 is 0 Å². The number of hydrazine groups is 1. The second-order valence-corrected chi connectivity index (χ2v) is 1.47. The molecule has 2 aliphatic heterocycles. The first-order valence-electron chi connectivity index (χ1n) is 1.94. The van der Waals surface area contributed by atoms with Crippen molar-refractivity contribution in [3.05, 3.63) is 11.9 Å². The Morgan fingerprint density at radius 3 is 2.83 bits per heavy atom. The maximum atomic E-state index is 3.06. The summed E-state index contributed by atoms with van der Waals surface area (Å²) in [6, 6.07) is 0. The molecule has 2 aliphatic rings. The lowest BCUT2D eigenvalue weighted by atomic mass is 10.7. The van der Waals surface area contributed by atoms with Crippen molar-refractivity contribution in [2.75, 3.05) is 0 Å². The molecule has 1 atom stereocenters. The lowest BCUT2D eigenvalue weighted by Gasteiger charge is -1.89. The SMILES string of the molecule is C1=C2NC2NN1. The fourth-order valence-electron chi connectivity index (χ4n) is 0.567. The summed E-state index contributed by atoms with van der Waals surface area (Å²) >= 11 is 0. The van der Waals surface area contributed by atoms with E-state index >= 15 is 0 Å². The second kappa shape index (κ2) is 0.541. The average molecular weight is 83.1 g/mol. The highest BCUT2D eigenvalue weighted by Crippen LogP contribution is 2.12. The highest BCUT2D eigenvalue weighted by atomic mass is 15.5. The lowest BCUT2D eigenvalue weighted by Crippen LogP contribution is -2.27. The van der Waals surface area contributed by atoms with E-state index in [-0.39, 0.29) is 0 Å². The number of hydrogen-bond donors (Lipinski definition) is 3. The second-order valence-electron chi connectivity index (χ2n) is 1.47. The van der Waals surface area contributed by atoms with Gasteiger partial charge in [-0.2, -0.15) is 0 Å². The Hall–Kier alpha value is -0.700. The Labute approximate surface area is 35.4 Å². The minimum Gasteiger partial charge on any atom is -0.363 e. The minimum absolute atomic E-state index is 0.463. The molecule has 3 heteroatoms. The Bertz CT molecular complexity index is 107. The Morgan fingerprint density at radius 1 is 1.67 bits per heavy atom. The largest absolute Gasteiger partial charge is 0.363 e. The van der Waals surface area contributed by atoms with Crippen molar-refractivity contribution in [3.63, 3.8) is 0 Å². The molecule has 0 amide bonds. The van der Waals surface area contributed by atoms with E-state index in [0.717, 1.165) is 0 Å². The summed E-state index contributed by atoms with van der Waals surface area (Å²) in [4.78, 5) is 0. The molecule has 0 radical (unpaired) electrons. The summed E-state index contributed by atoms with van der Waals surface area (Å²) in [6.45, 7) is 0. The Morgan fingerprint density at radius 2 is 2.67 bits per heavy atom. The zero-order valence-electron chi connectivity index (χ0n) is 3.15. The van der Waals surface area contributed by atoms with Gasteiger partial charge < -0.3 is 10.7 Å². The zero-order valence-corrected chi connectivity index (χ0v) is 3.15. The molecule has 2 heterocycles. The Balaban J connectivity index is 2.35. The molecule has 1 unspecified atom stereocenters. The molecule has 0 aromatic heterocycles. The number of fused-ring (bicyclic) bond motifs is 1. The normalized spacial score (nSPS) is 36.0. The van der Waals surface area contributed by atoms with Gasteiger partial charge in [0.2, 0.25) is 0 Å². The topological polar surface area (TPSA) is 46.0 Å². The van der Waals surface area contributed by atoms with Crippen molar-refractivity contribution in [2.45, 2.75) is 6.17 Å². The maximum absolute atomic E-state index is 3.06. The molecule has 3 N–H and O–H groups in total. The predicted octanol–water partition coefficient (Wildman–Crippen LogP) is -1.14. The van der Waals surface area contributed by atoms with E-state index in [9.17, 15) is 0 Å². The molecule has 0 spiro atoms. The van der Waals surface area contributed by atoms with Crippen molar-refractivity contribution in [1.29, 1.82) is 0 Å². The number of rotatable bonds is 0. The van der Waals surface area contributed by atoms with Crippen molar-refractivity contribution in [2.24, 2.45) is 0 Å². The van der Waals surface area contributed by atoms with Crippen LogP contribution in [0.2, 0.25) is 0 Å². The van der Waals surface area contributed by atoms with Gasteiger partial charge in [-0.25, -0.2) is 5.43 Å². The minimum atomic E-state index is 0.463. The van der Waals surface area contributed by atoms with Gasteiger partial charge >= 0.3 is 0 Å². The summed E-state index contributed by atoms with van der Waals surface area (Å²) in [5.74, 6) is 0. The van der Waals surface area contributed by atoms with E-state index in [0.29, 0.717) is 6.17 Å². The van der Waals surface area contributed by atoms with Crippen LogP contribution in [0, 0.1) is 0 Å². The third-order valence-electron chi connectivity index (χ3n) is 0.994. The van der Waals surface area contributed by atoms with Gasteiger partial charge in [-0.05, 0) is 0 Å². The van der Waals surface area contributed by atoms with Crippen LogP contribution in [-0.4, -0.2) is 6.17 Å².